The molecule has 41 heavy (non-hydrogen) atoms. The number of rotatable bonds is 14. The smallest absolute Gasteiger partial charge is 0.264 e. The van der Waals surface area contributed by atoms with Crippen LogP contribution in [0.25, 0.3) is 0 Å². The molecule has 3 aromatic carbocycles. The molecule has 0 saturated carbocycles. The molecule has 0 aromatic heterocycles. The molecular formula is C31H39N3O6S. The van der Waals surface area contributed by atoms with Crippen LogP contribution >= 0.6 is 0 Å². The zero-order chi connectivity index (χ0) is 30.0. The van der Waals surface area contributed by atoms with Gasteiger partial charge in [-0.15, -0.1) is 0 Å². The van der Waals surface area contributed by atoms with Crippen molar-refractivity contribution in [1.82, 2.24) is 10.2 Å². The molecule has 0 heterocycles. The van der Waals surface area contributed by atoms with Crippen molar-refractivity contribution in [1.29, 1.82) is 0 Å². The Kier molecular flexibility index (Phi) is 11.2. The van der Waals surface area contributed by atoms with Gasteiger partial charge in [0.25, 0.3) is 10.0 Å². The highest BCUT2D eigenvalue weighted by molar-refractivity contribution is 7.92. The molecule has 0 aliphatic rings. The molecule has 220 valence electrons. The summed E-state index contributed by atoms with van der Waals surface area (Å²) >= 11 is 0. The maximum absolute atomic E-state index is 14.0. The topological polar surface area (TPSA) is 105 Å². The minimum atomic E-state index is -4.16. The van der Waals surface area contributed by atoms with E-state index < -0.39 is 28.5 Å². The molecule has 0 aliphatic heterocycles. The Morgan fingerprint density at radius 1 is 0.902 bits per heavy atom. The van der Waals surface area contributed by atoms with Crippen LogP contribution in [0.3, 0.4) is 0 Å². The maximum atomic E-state index is 14.0. The standard InChI is InChI=1S/C31H39N3O6S/c1-6-23(3)32-31(36)24(4)33(21-25-12-11-15-28(20-25)39-5)30(35)22-34(26-13-9-8-10-14-26)41(37,38)29-18-16-27(17-19-29)40-7-2/h8-20,23-24H,6-7,21-22H2,1-5H3,(H,32,36)/t23-,24-/m1/s1. The first-order valence-corrected chi connectivity index (χ1v) is 15.1. The fraction of sp³-hybridized carbons (Fsp3) is 0.355. The van der Waals surface area contributed by atoms with Gasteiger partial charge in [-0.25, -0.2) is 8.42 Å². The van der Waals surface area contributed by atoms with Crippen molar-refractivity contribution in [3.63, 3.8) is 0 Å². The second-order valence-electron chi connectivity index (χ2n) is 9.62. The summed E-state index contributed by atoms with van der Waals surface area (Å²) in [4.78, 5) is 28.6. The first-order chi connectivity index (χ1) is 19.6. The first kappa shape index (κ1) is 31.5. The van der Waals surface area contributed by atoms with E-state index in [0.29, 0.717) is 23.8 Å². The van der Waals surface area contributed by atoms with E-state index in [1.165, 1.54) is 17.0 Å². The number of carbonyl (C=O) groups excluding carboxylic acids is 2. The number of amides is 2. The van der Waals surface area contributed by atoms with E-state index in [0.717, 1.165) is 16.3 Å². The lowest BCUT2D eigenvalue weighted by Crippen LogP contribution is -2.52. The summed E-state index contributed by atoms with van der Waals surface area (Å²) in [6, 6.07) is 20.8. The number of nitrogens with one attached hydrogen (secondary N) is 1. The molecule has 10 heteroatoms. The summed E-state index contributed by atoms with van der Waals surface area (Å²) < 4.78 is 39.7. The molecule has 1 N–H and O–H groups in total. The predicted molar refractivity (Wildman–Crippen MR) is 159 cm³/mol. The Bertz CT molecular complexity index is 1400. The number of sulfonamides is 1. The van der Waals surface area contributed by atoms with Crippen LogP contribution in [-0.4, -0.2) is 57.5 Å². The monoisotopic (exact) mass is 581 g/mol. The van der Waals surface area contributed by atoms with E-state index >= 15 is 0 Å². The molecule has 9 nitrogen and oxygen atoms in total. The fourth-order valence-electron chi connectivity index (χ4n) is 4.14. The third kappa shape index (κ3) is 8.23. The molecule has 0 bridgehead atoms. The van der Waals surface area contributed by atoms with Gasteiger partial charge in [0.2, 0.25) is 11.8 Å². The highest BCUT2D eigenvalue weighted by Crippen LogP contribution is 2.26. The van der Waals surface area contributed by atoms with Crippen molar-refractivity contribution >= 4 is 27.5 Å². The van der Waals surface area contributed by atoms with Gasteiger partial charge in [0.1, 0.15) is 24.1 Å². The van der Waals surface area contributed by atoms with Crippen LogP contribution in [0.5, 0.6) is 11.5 Å². The third-order valence-electron chi connectivity index (χ3n) is 6.70. The van der Waals surface area contributed by atoms with Gasteiger partial charge in [-0.05, 0) is 81.3 Å². The minimum absolute atomic E-state index is 0.0134. The average molecular weight is 582 g/mol. The largest absolute Gasteiger partial charge is 0.497 e. The van der Waals surface area contributed by atoms with Crippen molar-refractivity contribution in [3.05, 3.63) is 84.4 Å². The lowest BCUT2D eigenvalue weighted by atomic mass is 10.1. The second-order valence-corrected chi connectivity index (χ2v) is 11.5. The summed E-state index contributed by atoms with van der Waals surface area (Å²) in [5, 5.41) is 2.93. The van der Waals surface area contributed by atoms with E-state index in [9.17, 15) is 18.0 Å². The van der Waals surface area contributed by atoms with Crippen LogP contribution < -0.4 is 19.1 Å². The number of para-hydroxylation sites is 1. The number of carbonyl (C=O) groups is 2. The molecule has 0 spiro atoms. The van der Waals surface area contributed by atoms with Crippen molar-refractivity contribution in [2.75, 3.05) is 24.6 Å². The fourth-order valence-corrected chi connectivity index (χ4v) is 5.55. The Hall–Kier alpha value is -4.05. The lowest BCUT2D eigenvalue weighted by Gasteiger charge is -2.32. The zero-order valence-electron chi connectivity index (χ0n) is 24.2. The average Bonchev–Trinajstić information content (AvgIpc) is 2.99. The number of hydrogen-bond donors (Lipinski definition) is 1. The van der Waals surface area contributed by atoms with Crippen LogP contribution in [0.4, 0.5) is 5.69 Å². The molecule has 0 unspecified atom stereocenters. The van der Waals surface area contributed by atoms with Crippen molar-refractivity contribution in [2.45, 2.75) is 57.6 Å². The van der Waals surface area contributed by atoms with E-state index in [2.05, 4.69) is 5.32 Å². The third-order valence-corrected chi connectivity index (χ3v) is 8.49. The molecular weight excluding hydrogens is 542 g/mol. The molecule has 3 aromatic rings. The number of nitrogens with zero attached hydrogens (tertiary/aromatic N) is 2. The van der Waals surface area contributed by atoms with E-state index in [4.69, 9.17) is 9.47 Å². The Balaban J connectivity index is 2.00. The number of methoxy groups -OCH3 is 1. The van der Waals surface area contributed by atoms with Gasteiger partial charge in [-0.1, -0.05) is 37.3 Å². The van der Waals surface area contributed by atoms with Crippen molar-refractivity contribution < 1.29 is 27.5 Å². The molecule has 0 radical (unpaired) electrons. The first-order valence-electron chi connectivity index (χ1n) is 13.6. The van der Waals surface area contributed by atoms with Gasteiger partial charge in [-0.3, -0.25) is 13.9 Å². The Morgan fingerprint density at radius 3 is 2.20 bits per heavy atom. The van der Waals surface area contributed by atoms with E-state index in [1.807, 2.05) is 26.8 Å². The zero-order valence-corrected chi connectivity index (χ0v) is 25.1. The maximum Gasteiger partial charge on any atom is 0.264 e. The molecule has 0 fully saturated rings. The van der Waals surface area contributed by atoms with Crippen LogP contribution in [0.15, 0.2) is 83.8 Å². The molecule has 2 atom stereocenters. The highest BCUT2D eigenvalue weighted by atomic mass is 32.2. The van der Waals surface area contributed by atoms with E-state index in [1.54, 1.807) is 74.7 Å². The quantitative estimate of drug-likeness (QED) is 0.298. The van der Waals surface area contributed by atoms with Gasteiger partial charge < -0.3 is 19.7 Å². The predicted octanol–water partition coefficient (Wildman–Crippen LogP) is 4.62. The summed E-state index contributed by atoms with van der Waals surface area (Å²) in [7, 11) is -2.61. The van der Waals surface area contributed by atoms with Gasteiger partial charge in [0.15, 0.2) is 0 Å². The van der Waals surface area contributed by atoms with Crippen LogP contribution in [-0.2, 0) is 26.2 Å². The normalized spacial score (nSPS) is 12.6. The van der Waals surface area contributed by atoms with E-state index in [-0.39, 0.29) is 23.4 Å². The Morgan fingerprint density at radius 2 is 1.59 bits per heavy atom. The van der Waals surface area contributed by atoms with Crippen molar-refractivity contribution in [3.8, 4) is 11.5 Å². The number of hydrogen-bond acceptors (Lipinski definition) is 6. The van der Waals surface area contributed by atoms with Gasteiger partial charge >= 0.3 is 0 Å². The summed E-state index contributed by atoms with van der Waals surface area (Å²) in [6.07, 6.45) is 0.727. The molecule has 2 amide bonds. The summed E-state index contributed by atoms with van der Waals surface area (Å²) in [6.45, 7) is 7.35. The number of benzene rings is 3. The highest BCUT2D eigenvalue weighted by Gasteiger charge is 2.32. The van der Waals surface area contributed by atoms with Crippen LogP contribution in [0.2, 0.25) is 0 Å². The summed E-state index contributed by atoms with van der Waals surface area (Å²) in [5.74, 6) is 0.296. The molecule has 3 rings (SSSR count). The number of ether oxygens (including phenoxy) is 2. The Labute approximate surface area is 243 Å². The lowest BCUT2D eigenvalue weighted by molar-refractivity contribution is -0.139. The van der Waals surface area contributed by atoms with Gasteiger partial charge in [-0.2, -0.15) is 0 Å². The second kappa shape index (κ2) is 14.5. The minimum Gasteiger partial charge on any atom is -0.497 e. The van der Waals surface area contributed by atoms with Crippen LogP contribution in [0, 0.1) is 0 Å². The molecule has 0 saturated heterocycles. The number of anilines is 1. The molecule has 0 aliphatic carbocycles. The van der Waals surface area contributed by atoms with Gasteiger partial charge in [0, 0.05) is 12.6 Å². The van der Waals surface area contributed by atoms with Crippen molar-refractivity contribution in [2.24, 2.45) is 0 Å². The van der Waals surface area contributed by atoms with Crippen LogP contribution in [0.1, 0.15) is 39.7 Å². The SMILES string of the molecule is CCOc1ccc(S(=O)(=O)N(CC(=O)N(Cc2cccc(OC)c2)[C@H](C)C(=O)N[C@H](C)CC)c2ccccc2)cc1. The van der Waals surface area contributed by atoms with Gasteiger partial charge in [0.05, 0.1) is 24.3 Å². The summed E-state index contributed by atoms with van der Waals surface area (Å²) in [5.41, 5.74) is 1.06.